The van der Waals surface area contributed by atoms with Crippen molar-refractivity contribution in [3.63, 3.8) is 0 Å². The van der Waals surface area contributed by atoms with E-state index < -0.39 is 0 Å². The molecule has 1 fully saturated rings. The van der Waals surface area contributed by atoms with Gasteiger partial charge in [0.25, 0.3) is 0 Å². The Morgan fingerprint density at radius 1 is 1.37 bits per heavy atom. The zero-order valence-corrected chi connectivity index (χ0v) is 12.1. The van der Waals surface area contributed by atoms with Gasteiger partial charge in [0.1, 0.15) is 0 Å². The lowest BCUT2D eigenvalue weighted by Gasteiger charge is -2.28. The monoisotopic (exact) mass is 280 g/mol. The first-order valence-corrected chi connectivity index (χ1v) is 7.26. The lowest BCUT2D eigenvalue weighted by Crippen LogP contribution is -2.46. The van der Waals surface area contributed by atoms with E-state index >= 15 is 0 Å². The molecule has 4 heteroatoms. The maximum Gasteiger partial charge on any atom is 0.222 e. The van der Waals surface area contributed by atoms with E-state index in [9.17, 15) is 4.79 Å². The van der Waals surface area contributed by atoms with E-state index in [-0.39, 0.29) is 5.91 Å². The zero-order chi connectivity index (χ0) is 13.7. The number of rotatable bonds is 4. The number of carbonyl (C=O) groups is 1. The Morgan fingerprint density at radius 3 is 2.74 bits per heavy atom. The maximum absolute atomic E-state index is 12.1. The van der Waals surface area contributed by atoms with E-state index in [1.165, 1.54) is 0 Å². The van der Waals surface area contributed by atoms with Crippen molar-refractivity contribution in [1.82, 2.24) is 10.2 Å². The highest BCUT2D eigenvalue weighted by molar-refractivity contribution is 6.31. The van der Waals surface area contributed by atoms with Crippen LogP contribution in [0.3, 0.4) is 0 Å². The van der Waals surface area contributed by atoms with Crippen LogP contribution in [0.5, 0.6) is 0 Å². The molecule has 0 aromatic heterocycles. The number of hydrogen-bond acceptors (Lipinski definition) is 2. The van der Waals surface area contributed by atoms with Crippen molar-refractivity contribution in [3.8, 4) is 0 Å². The molecule has 1 aliphatic heterocycles. The Labute approximate surface area is 119 Å². The summed E-state index contributed by atoms with van der Waals surface area (Å²) < 4.78 is 0. The minimum Gasteiger partial charge on any atom is -0.340 e. The van der Waals surface area contributed by atoms with Crippen LogP contribution in [0.1, 0.15) is 18.9 Å². The lowest BCUT2D eigenvalue weighted by molar-refractivity contribution is -0.132. The van der Waals surface area contributed by atoms with Crippen LogP contribution in [0, 0.1) is 5.92 Å². The molecule has 1 heterocycles. The van der Waals surface area contributed by atoms with Crippen LogP contribution in [0.25, 0.3) is 0 Å². The standard InChI is InChI=1S/C15H21ClN2O/c1-12(10-13-4-2-3-5-14(13)16)11-15(19)18-8-6-17-7-9-18/h2-5,12,17H,6-11H2,1H3. The summed E-state index contributed by atoms with van der Waals surface area (Å²) in [6.45, 7) is 5.59. The maximum atomic E-state index is 12.1. The van der Waals surface area contributed by atoms with Crippen molar-refractivity contribution >= 4 is 17.5 Å². The van der Waals surface area contributed by atoms with Gasteiger partial charge < -0.3 is 10.2 Å². The summed E-state index contributed by atoms with van der Waals surface area (Å²) in [5, 5.41) is 4.05. The molecule has 0 spiro atoms. The Hall–Kier alpha value is -1.06. The lowest BCUT2D eigenvalue weighted by atomic mass is 9.97. The number of halogens is 1. The summed E-state index contributed by atoms with van der Waals surface area (Å²) in [7, 11) is 0. The number of nitrogens with zero attached hydrogens (tertiary/aromatic N) is 1. The van der Waals surface area contributed by atoms with Gasteiger partial charge in [-0.2, -0.15) is 0 Å². The SMILES string of the molecule is CC(CC(=O)N1CCNCC1)Cc1ccccc1Cl. The van der Waals surface area contributed by atoms with E-state index in [2.05, 4.69) is 12.2 Å². The number of nitrogens with one attached hydrogen (secondary N) is 1. The van der Waals surface area contributed by atoms with Gasteiger partial charge in [-0.15, -0.1) is 0 Å². The van der Waals surface area contributed by atoms with Gasteiger partial charge >= 0.3 is 0 Å². The summed E-state index contributed by atoms with van der Waals surface area (Å²) in [6.07, 6.45) is 1.46. The quantitative estimate of drug-likeness (QED) is 0.918. The molecule has 0 aliphatic carbocycles. The van der Waals surface area contributed by atoms with E-state index in [1.807, 2.05) is 29.2 Å². The van der Waals surface area contributed by atoms with Crippen molar-refractivity contribution in [2.45, 2.75) is 19.8 Å². The highest BCUT2D eigenvalue weighted by Crippen LogP contribution is 2.20. The second kappa shape index (κ2) is 6.92. The van der Waals surface area contributed by atoms with Crippen molar-refractivity contribution < 1.29 is 4.79 Å². The van der Waals surface area contributed by atoms with Crippen LogP contribution in [0.4, 0.5) is 0 Å². The first-order valence-electron chi connectivity index (χ1n) is 6.88. The molecule has 104 valence electrons. The molecule has 1 amide bonds. The Balaban J connectivity index is 1.85. The fourth-order valence-corrected chi connectivity index (χ4v) is 2.67. The number of hydrogen-bond donors (Lipinski definition) is 1. The number of amides is 1. The van der Waals surface area contributed by atoms with Crippen LogP contribution < -0.4 is 5.32 Å². The Kier molecular flexibility index (Phi) is 5.23. The molecular weight excluding hydrogens is 260 g/mol. The zero-order valence-electron chi connectivity index (χ0n) is 11.4. The molecule has 0 bridgehead atoms. The van der Waals surface area contributed by atoms with E-state index in [1.54, 1.807) is 0 Å². The molecule has 0 saturated carbocycles. The van der Waals surface area contributed by atoms with Crippen molar-refractivity contribution in [3.05, 3.63) is 34.9 Å². The van der Waals surface area contributed by atoms with Gasteiger partial charge in [0.15, 0.2) is 0 Å². The second-order valence-corrected chi connectivity index (χ2v) is 5.64. The van der Waals surface area contributed by atoms with Gasteiger partial charge in [0, 0.05) is 37.6 Å². The number of benzene rings is 1. The van der Waals surface area contributed by atoms with Gasteiger partial charge in [0.2, 0.25) is 5.91 Å². The summed E-state index contributed by atoms with van der Waals surface area (Å²) >= 11 is 6.15. The van der Waals surface area contributed by atoms with Gasteiger partial charge in [-0.3, -0.25) is 4.79 Å². The first kappa shape index (κ1) is 14.4. The van der Waals surface area contributed by atoms with Gasteiger partial charge in [0.05, 0.1) is 0 Å². The highest BCUT2D eigenvalue weighted by atomic mass is 35.5. The predicted octanol–water partition coefficient (Wildman–Crippen LogP) is 2.34. The van der Waals surface area contributed by atoms with Crippen molar-refractivity contribution in [2.24, 2.45) is 5.92 Å². The van der Waals surface area contributed by atoms with Gasteiger partial charge in [-0.1, -0.05) is 36.7 Å². The molecule has 19 heavy (non-hydrogen) atoms. The van der Waals surface area contributed by atoms with Crippen molar-refractivity contribution in [1.29, 1.82) is 0 Å². The van der Waals surface area contributed by atoms with Crippen molar-refractivity contribution in [2.75, 3.05) is 26.2 Å². The van der Waals surface area contributed by atoms with Gasteiger partial charge in [-0.05, 0) is 24.0 Å². The molecular formula is C15H21ClN2O. The topological polar surface area (TPSA) is 32.3 Å². The Morgan fingerprint density at radius 2 is 2.05 bits per heavy atom. The minimum absolute atomic E-state index is 0.265. The third-order valence-electron chi connectivity index (χ3n) is 3.52. The number of piperazine rings is 1. The predicted molar refractivity (Wildman–Crippen MR) is 78.4 cm³/mol. The van der Waals surface area contributed by atoms with Crippen LogP contribution in [0.15, 0.2) is 24.3 Å². The third kappa shape index (κ3) is 4.22. The molecule has 1 saturated heterocycles. The summed E-state index contributed by atoms with van der Waals surface area (Å²) in [5.74, 6) is 0.586. The average Bonchev–Trinajstić information content (AvgIpc) is 2.42. The van der Waals surface area contributed by atoms with E-state index in [0.29, 0.717) is 12.3 Å². The highest BCUT2D eigenvalue weighted by Gasteiger charge is 2.18. The van der Waals surface area contributed by atoms with Crippen LogP contribution in [-0.4, -0.2) is 37.0 Å². The molecule has 1 aliphatic rings. The molecule has 1 unspecified atom stereocenters. The smallest absolute Gasteiger partial charge is 0.222 e. The first-order chi connectivity index (χ1) is 9.16. The second-order valence-electron chi connectivity index (χ2n) is 5.24. The van der Waals surface area contributed by atoms with E-state index in [4.69, 9.17) is 11.6 Å². The minimum atomic E-state index is 0.265. The summed E-state index contributed by atoms with van der Waals surface area (Å²) in [6, 6.07) is 7.87. The van der Waals surface area contributed by atoms with Gasteiger partial charge in [-0.25, -0.2) is 0 Å². The molecule has 2 rings (SSSR count). The normalized spacial score (nSPS) is 17.3. The van der Waals surface area contributed by atoms with Crippen LogP contribution in [0.2, 0.25) is 5.02 Å². The van der Waals surface area contributed by atoms with Crippen LogP contribution >= 0.6 is 11.6 Å². The molecule has 0 radical (unpaired) electrons. The fraction of sp³-hybridized carbons (Fsp3) is 0.533. The Bertz CT molecular complexity index is 430. The third-order valence-corrected chi connectivity index (χ3v) is 3.89. The molecule has 3 nitrogen and oxygen atoms in total. The summed E-state index contributed by atoms with van der Waals surface area (Å²) in [5.41, 5.74) is 1.13. The summed E-state index contributed by atoms with van der Waals surface area (Å²) in [4.78, 5) is 14.1. The molecule has 1 aromatic rings. The fourth-order valence-electron chi connectivity index (χ4n) is 2.45. The molecule has 1 atom stereocenters. The molecule has 1 N–H and O–H groups in total. The van der Waals surface area contributed by atoms with E-state index in [0.717, 1.165) is 43.2 Å². The largest absolute Gasteiger partial charge is 0.340 e. The molecule has 1 aromatic carbocycles. The number of carbonyl (C=O) groups excluding carboxylic acids is 1. The average molecular weight is 281 g/mol. The van der Waals surface area contributed by atoms with Crippen LogP contribution in [-0.2, 0) is 11.2 Å².